The number of nitrogens with zero attached hydrogens (tertiary/aromatic N) is 1. The zero-order valence-electron chi connectivity index (χ0n) is 12.3. The zero-order valence-corrected chi connectivity index (χ0v) is 12.3. The molecule has 1 saturated heterocycles. The lowest BCUT2D eigenvalue weighted by molar-refractivity contribution is -0.0636. The van der Waals surface area contributed by atoms with E-state index in [1.54, 1.807) is 5.57 Å². The van der Waals surface area contributed by atoms with E-state index >= 15 is 0 Å². The molecule has 1 atom stereocenters. The van der Waals surface area contributed by atoms with Crippen molar-refractivity contribution in [1.82, 2.24) is 4.90 Å². The molecule has 3 rings (SSSR count). The highest BCUT2D eigenvalue weighted by Gasteiger charge is 2.46. The molecule has 102 valence electrons. The van der Waals surface area contributed by atoms with Crippen LogP contribution in [0.2, 0.25) is 0 Å². The molecule has 1 spiro atoms. The van der Waals surface area contributed by atoms with Crippen LogP contribution in [0.25, 0.3) is 0 Å². The van der Waals surface area contributed by atoms with E-state index in [0.29, 0.717) is 0 Å². The molecule has 0 aromatic heterocycles. The summed E-state index contributed by atoms with van der Waals surface area (Å²) in [4.78, 5) is 2.79. The minimum absolute atomic E-state index is 0.751. The van der Waals surface area contributed by atoms with Gasteiger partial charge in [0.25, 0.3) is 0 Å². The fourth-order valence-electron chi connectivity index (χ4n) is 4.29. The molecule has 18 heavy (non-hydrogen) atoms. The van der Waals surface area contributed by atoms with Gasteiger partial charge >= 0.3 is 0 Å². The SMILES string of the molecule is CCC1=CCC(N2CC3(CCC(C)CC3)C2)CC1. The van der Waals surface area contributed by atoms with E-state index in [9.17, 15) is 0 Å². The molecule has 0 bridgehead atoms. The molecule has 2 fully saturated rings. The van der Waals surface area contributed by atoms with Crippen LogP contribution in [-0.4, -0.2) is 24.0 Å². The van der Waals surface area contributed by atoms with Crippen molar-refractivity contribution in [2.75, 3.05) is 13.1 Å². The predicted octanol–water partition coefficient (Wildman–Crippen LogP) is 4.39. The Bertz CT molecular complexity index is 315. The second kappa shape index (κ2) is 5.00. The summed E-state index contributed by atoms with van der Waals surface area (Å²) in [5, 5.41) is 0. The first-order valence-electron chi connectivity index (χ1n) is 8.13. The Morgan fingerprint density at radius 2 is 1.94 bits per heavy atom. The minimum Gasteiger partial charge on any atom is -0.299 e. The maximum Gasteiger partial charge on any atom is 0.0133 e. The quantitative estimate of drug-likeness (QED) is 0.654. The Morgan fingerprint density at radius 3 is 2.50 bits per heavy atom. The lowest BCUT2D eigenvalue weighted by Crippen LogP contribution is -2.60. The first-order valence-corrected chi connectivity index (χ1v) is 8.13. The van der Waals surface area contributed by atoms with E-state index in [1.165, 1.54) is 64.5 Å². The Kier molecular flexibility index (Phi) is 3.53. The van der Waals surface area contributed by atoms with E-state index in [2.05, 4.69) is 24.8 Å². The second-order valence-corrected chi connectivity index (χ2v) is 7.23. The first-order chi connectivity index (χ1) is 8.71. The summed E-state index contributed by atoms with van der Waals surface area (Å²) in [6.07, 6.45) is 13.9. The summed E-state index contributed by atoms with van der Waals surface area (Å²) < 4.78 is 0. The zero-order chi connectivity index (χ0) is 12.6. The van der Waals surface area contributed by atoms with Crippen molar-refractivity contribution >= 4 is 0 Å². The molecule has 2 aliphatic carbocycles. The molecule has 1 unspecified atom stereocenters. The van der Waals surface area contributed by atoms with Crippen molar-refractivity contribution in [2.24, 2.45) is 11.3 Å². The number of rotatable bonds is 2. The van der Waals surface area contributed by atoms with Gasteiger partial charge in [-0.3, -0.25) is 4.90 Å². The van der Waals surface area contributed by atoms with Gasteiger partial charge in [-0.15, -0.1) is 0 Å². The van der Waals surface area contributed by atoms with Crippen molar-refractivity contribution in [3.05, 3.63) is 11.6 Å². The first kappa shape index (κ1) is 12.7. The van der Waals surface area contributed by atoms with Crippen LogP contribution in [0, 0.1) is 11.3 Å². The van der Waals surface area contributed by atoms with Crippen LogP contribution in [-0.2, 0) is 0 Å². The Labute approximate surface area is 113 Å². The molecule has 3 aliphatic rings. The van der Waals surface area contributed by atoms with Gasteiger partial charge < -0.3 is 0 Å². The third-order valence-corrected chi connectivity index (χ3v) is 5.86. The molecule has 1 aliphatic heterocycles. The van der Waals surface area contributed by atoms with Crippen molar-refractivity contribution in [1.29, 1.82) is 0 Å². The molecule has 1 saturated carbocycles. The average molecular weight is 247 g/mol. The molecular formula is C17H29N. The summed E-state index contributed by atoms with van der Waals surface area (Å²) in [6, 6.07) is 0.880. The number of hydrogen-bond donors (Lipinski definition) is 0. The van der Waals surface area contributed by atoms with Crippen molar-refractivity contribution in [3.8, 4) is 0 Å². The predicted molar refractivity (Wildman–Crippen MR) is 77.7 cm³/mol. The van der Waals surface area contributed by atoms with E-state index in [1.807, 2.05) is 0 Å². The lowest BCUT2D eigenvalue weighted by atomic mass is 9.65. The standard InChI is InChI=1S/C17H29N/c1-3-15-4-6-16(7-5-15)18-12-17(13-18)10-8-14(2)9-11-17/h4,14,16H,3,5-13H2,1-2H3. The summed E-state index contributed by atoms with van der Waals surface area (Å²) in [5.74, 6) is 0.995. The van der Waals surface area contributed by atoms with E-state index in [-0.39, 0.29) is 0 Å². The summed E-state index contributed by atoms with van der Waals surface area (Å²) in [6.45, 7) is 7.56. The fourth-order valence-corrected chi connectivity index (χ4v) is 4.29. The molecule has 0 amide bonds. The topological polar surface area (TPSA) is 3.24 Å². The van der Waals surface area contributed by atoms with Crippen LogP contribution in [0.5, 0.6) is 0 Å². The maximum atomic E-state index is 2.79. The van der Waals surface area contributed by atoms with Crippen LogP contribution < -0.4 is 0 Å². The molecular weight excluding hydrogens is 218 g/mol. The maximum absolute atomic E-state index is 2.79. The monoisotopic (exact) mass is 247 g/mol. The van der Waals surface area contributed by atoms with Gasteiger partial charge in [0.2, 0.25) is 0 Å². The number of allylic oxidation sites excluding steroid dienone is 1. The summed E-state index contributed by atoms with van der Waals surface area (Å²) in [7, 11) is 0. The highest BCUT2D eigenvalue weighted by atomic mass is 15.2. The lowest BCUT2D eigenvalue weighted by Gasteiger charge is -2.56. The number of likely N-dealkylation sites (tertiary alicyclic amines) is 1. The van der Waals surface area contributed by atoms with Crippen LogP contribution in [0.3, 0.4) is 0 Å². The largest absolute Gasteiger partial charge is 0.299 e. The molecule has 1 heteroatoms. The third-order valence-electron chi connectivity index (χ3n) is 5.86. The Morgan fingerprint density at radius 1 is 1.22 bits per heavy atom. The Hall–Kier alpha value is -0.300. The highest BCUT2D eigenvalue weighted by Crippen LogP contribution is 2.47. The van der Waals surface area contributed by atoms with Gasteiger partial charge in [0, 0.05) is 19.1 Å². The van der Waals surface area contributed by atoms with Gasteiger partial charge in [0.1, 0.15) is 0 Å². The third kappa shape index (κ3) is 2.39. The van der Waals surface area contributed by atoms with Crippen LogP contribution in [0.4, 0.5) is 0 Å². The van der Waals surface area contributed by atoms with Crippen LogP contribution in [0.15, 0.2) is 11.6 Å². The van der Waals surface area contributed by atoms with Gasteiger partial charge in [-0.05, 0) is 49.9 Å². The van der Waals surface area contributed by atoms with Crippen molar-refractivity contribution in [2.45, 2.75) is 71.3 Å². The fraction of sp³-hybridized carbons (Fsp3) is 0.882. The van der Waals surface area contributed by atoms with Crippen molar-refractivity contribution < 1.29 is 0 Å². The van der Waals surface area contributed by atoms with E-state index in [0.717, 1.165) is 17.4 Å². The normalized spacial score (nSPS) is 33.2. The van der Waals surface area contributed by atoms with Gasteiger partial charge in [0.15, 0.2) is 0 Å². The van der Waals surface area contributed by atoms with Crippen LogP contribution >= 0.6 is 0 Å². The summed E-state index contributed by atoms with van der Waals surface area (Å²) >= 11 is 0. The smallest absolute Gasteiger partial charge is 0.0133 e. The molecule has 1 heterocycles. The highest BCUT2D eigenvalue weighted by molar-refractivity contribution is 5.09. The molecule has 0 aromatic rings. The summed E-state index contributed by atoms with van der Waals surface area (Å²) in [5.41, 5.74) is 2.45. The molecule has 0 aromatic carbocycles. The van der Waals surface area contributed by atoms with Crippen LogP contribution in [0.1, 0.15) is 65.2 Å². The average Bonchev–Trinajstić information content (AvgIpc) is 2.38. The minimum atomic E-state index is 0.751. The van der Waals surface area contributed by atoms with Gasteiger partial charge in [-0.25, -0.2) is 0 Å². The molecule has 1 nitrogen and oxygen atoms in total. The van der Waals surface area contributed by atoms with Crippen molar-refractivity contribution in [3.63, 3.8) is 0 Å². The number of hydrogen-bond acceptors (Lipinski definition) is 1. The van der Waals surface area contributed by atoms with Gasteiger partial charge in [0.05, 0.1) is 0 Å². The Balaban J connectivity index is 1.49. The molecule has 0 radical (unpaired) electrons. The molecule has 0 N–H and O–H groups in total. The van der Waals surface area contributed by atoms with E-state index in [4.69, 9.17) is 0 Å². The van der Waals surface area contributed by atoms with Gasteiger partial charge in [-0.2, -0.15) is 0 Å². The van der Waals surface area contributed by atoms with Gasteiger partial charge in [-0.1, -0.05) is 38.3 Å². The second-order valence-electron chi connectivity index (χ2n) is 7.23. The van der Waals surface area contributed by atoms with E-state index < -0.39 is 0 Å².